The second-order valence-electron chi connectivity index (χ2n) is 3.04. The summed E-state index contributed by atoms with van der Waals surface area (Å²) in [7, 11) is -4.26. The van der Waals surface area contributed by atoms with E-state index in [1.807, 2.05) is 0 Å². The van der Waals surface area contributed by atoms with E-state index in [0.29, 0.717) is 0 Å². The Balaban J connectivity index is 3.37. The highest BCUT2D eigenvalue weighted by Gasteiger charge is 2.25. The fourth-order valence-corrected chi connectivity index (χ4v) is 2.90. The molecule has 0 radical (unpaired) electrons. The largest absolute Gasteiger partial charge is 0.291 e. The fourth-order valence-electron chi connectivity index (χ4n) is 1.14. The van der Waals surface area contributed by atoms with E-state index in [2.05, 4.69) is 9.71 Å². The summed E-state index contributed by atoms with van der Waals surface area (Å²) in [5.74, 6) is 0. The van der Waals surface area contributed by atoms with Gasteiger partial charge in [0.05, 0.1) is 4.92 Å². The van der Waals surface area contributed by atoms with Crippen LogP contribution in [0, 0.1) is 21.6 Å². The molecule has 0 bridgehead atoms. The summed E-state index contributed by atoms with van der Waals surface area (Å²) in [6, 6.07) is 4.86. The summed E-state index contributed by atoms with van der Waals surface area (Å²) < 4.78 is 27.2. The number of nitrogens with zero attached hydrogens (tertiary/aromatic N) is 3. The number of amidine groups is 1. The Labute approximate surface area is 113 Å². The third-order valence-electron chi connectivity index (χ3n) is 1.90. The van der Waals surface area contributed by atoms with Gasteiger partial charge in [-0.2, -0.15) is 13.7 Å². The molecule has 1 rings (SSSR count). The Kier molecular flexibility index (Phi) is 4.85. The first kappa shape index (κ1) is 14.9. The van der Waals surface area contributed by atoms with Crippen LogP contribution in [0.1, 0.15) is 0 Å². The summed E-state index contributed by atoms with van der Waals surface area (Å²) in [6.07, 6.45) is 3.04. The first-order valence-electron chi connectivity index (χ1n) is 4.70. The Hall–Kier alpha value is -2.12. The summed E-state index contributed by atoms with van der Waals surface area (Å²) in [5, 5.41) is 21.1. The van der Waals surface area contributed by atoms with E-state index in [-0.39, 0.29) is 5.17 Å². The van der Waals surface area contributed by atoms with Crippen LogP contribution >= 0.6 is 11.8 Å². The van der Waals surface area contributed by atoms with Crippen molar-refractivity contribution < 1.29 is 13.3 Å². The van der Waals surface area contributed by atoms with Crippen LogP contribution < -0.4 is 5.32 Å². The SMILES string of the molecule is CS/C(=N/S(=O)(=O)c1ccccc1[N+](=O)[O-])NC#N. The van der Waals surface area contributed by atoms with Crippen LogP contribution in [-0.2, 0) is 10.0 Å². The minimum absolute atomic E-state index is 0.166. The number of thioether (sulfide) groups is 1. The van der Waals surface area contributed by atoms with Crippen LogP contribution in [0.5, 0.6) is 0 Å². The number of hydrogen-bond acceptors (Lipinski definition) is 6. The van der Waals surface area contributed by atoms with Gasteiger partial charge in [-0.25, -0.2) is 0 Å². The molecule has 0 aliphatic rings. The van der Waals surface area contributed by atoms with Crippen LogP contribution in [0.15, 0.2) is 33.6 Å². The maximum atomic E-state index is 11.9. The van der Waals surface area contributed by atoms with Crippen LogP contribution in [0.3, 0.4) is 0 Å². The lowest BCUT2D eigenvalue weighted by molar-refractivity contribution is -0.387. The Morgan fingerprint density at radius 3 is 2.68 bits per heavy atom. The van der Waals surface area contributed by atoms with E-state index in [1.54, 1.807) is 0 Å². The minimum atomic E-state index is -4.26. The Morgan fingerprint density at radius 2 is 2.16 bits per heavy atom. The highest BCUT2D eigenvalue weighted by Crippen LogP contribution is 2.25. The molecule has 0 atom stereocenters. The Morgan fingerprint density at radius 1 is 1.53 bits per heavy atom. The van der Waals surface area contributed by atoms with Crippen molar-refractivity contribution >= 4 is 32.6 Å². The van der Waals surface area contributed by atoms with Crippen molar-refractivity contribution in [3.8, 4) is 6.19 Å². The lowest BCUT2D eigenvalue weighted by Gasteiger charge is -2.02. The van der Waals surface area contributed by atoms with Crippen LogP contribution in [0.25, 0.3) is 0 Å². The molecule has 19 heavy (non-hydrogen) atoms. The van der Waals surface area contributed by atoms with Gasteiger partial charge in [0.1, 0.15) is 0 Å². The number of benzene rings is 1. The molecular formula is C9H8N4O4S2. The molecule has 0 fully saturated rings. The molecule has 1 N–H and O–H groups in total. The van der Waals surface area contributed by atoms with Crippen molar-refractivity contribution in [1.29, 1.82) is 5.26 Å². The van der Waals surface area contributed by atoms with Gasteiger partial charge < -0.3 is 0 Å². The predicted molar refractivity (Wildman–Crippen MR) is 70.0 cm³/mol. The molecule has 0 unspecified atom stereocenters. The maximum absolute atomic E-state index is 11.9. The number of nitrogens with one attached hydrogen (secondary N) is 1. The van der Waals surface area contributed by atoms with E-state index in [4.69, 9.17) is 5.26 Å². The zero-order valence-corrected chi connectivity index (χ0v) is 11.2. The molecule has 0 saturated carbocycles. The average Bonchev–Trinajstić information content (AvgIpc) is 2.38. The summed E-state index contributed by atoms with van der Waals surface area (Å²) >= 11 is 0.898. The van der Waals surface area contributed by atoms with Gasteiger partial charge in [0.2, 0.25) is 0 Å². The van der Waals surface area contributed by atoms with E-state index < -0.39 is 25.5 Å². The van der Waals surface area contributed by atoms with Gasteiger partial charge in [-0.15, -0.1) is 4.40 Å². The van der Waals surface area contributed by atoms with Crippen molar-refractivity contribution in [3.05, 3.63) is 34.4 Å². The molecule has 0 saturated heterocycles. The lowest BCUT2D eigenvalue weighted by Crippen LogP contribution is -2.16. The second-order valence-corrected chi connectivity index (χ2v) is 5.40. The van der Waals surface area contributed by atoms with Crippen molar-refractivity contribution in [2.24, 2.45) is 4.40 Å². The fraction of sp³-hybridized carbons (Fsp3) is 0.111. The third-order valence-corrected chi connectivity index (χ3v) is 3.92. The van der Waals surface area contributed by atoms with Gasteiger partial charge in [0.15, 0.2) is 16.3 Å². The molecule has 0 amide bonds. The van der Waals surface area contributed by atoms with Crippen LogP contribution in [0.4, 0.5) is 5.69 Å². The predicted octanol–water partition coefficient (Wildman–Crippen LogP) is 1.07. The van der Waals surface area contributed by atoms with E-state index in [9.17, 15) is 18.5 Å². The third kappa shape index (κ3) is 3.67. The molecule has 8 nitrogen and oxygen atoms in total. The maximum Gasteiger partial charge on any atom is 0.291 e. The van der Waals surface area contributed by atoms with Crippen LogP contribution in [-0.4, -0.2) is 24.8 Å². The monoisotopic (exact) mass is 300 g/mol. The van der Waals surface area contributed by atoms with Crippen molar-refractivity contribution in [2.45, 2.75) is 4.90 Å². The van der Waals surface area contributed by atoms with Crippen molar-refractivity contribution in [1.82, 2.24) is 5.32 Å². The van der Waals surface area contributed by atoms with Crippen molar-refractivity contribution in [3.63, 3.8) is 0 Å². The lowest BCUT2D eigenvalue weighted by atomic mass is 10.3. The average molecular weight is 300 g/mol. The van der Waals surface area contributed by atoms with E-state index >= 15 is 0 Å². The molecule has 1 aromatic carbocycles. The molecule has 10 heteroatoms. The van der Waals surface area contributed by atoms with E-state index in [1.165, 1.54) is 24.6 Å². The Bertz CT molecular complexity index is 663. The highest BCUT2D eigenvalue weighted by molar-refractivity contribution is 8.13. The quantitative estimate of drug-likeness (QED) is 0.221. The molecule has 1 aromatic rings. The molecule has 100 valence electrons. The zero-order valence-electron chi connectivity index (χ0n) is 9.60. The molecule has 0 aromatic heterocycles. The highest BCUT2D eigenvalue weighted by atomic mass is 32.2. The number of nitriles is 1. The summed E-state index contributed by atoms with van der Waals surface area (Å²) in [5.41, 5.74) is -0.566. The van der Waals surface area contributed by atoms with E-state index in [0.717, 1.165) is 23.9 Å². The summed E-state index contributed by atoms with van der Waals surface area (Å²) in [6.45, 7) is 0. The van der Waals surface area contributed by atoms with Crippen LogP contribution in [0.2, 0.25) is 0 Å². The van der Waals surface area contributed by atoms with Gasteiger partial charge in [0.25, 0.3) is 15.7 Å². The molecule has 0 spiro atoms. The number of rotatable bonds is 3. The number of nitro benzene ring substituents is 1. The second kappa shape index (κ2) is 6.17. The summed E-state index contributed by atoms with van der Waals surface area (Å²) in [4.78, 5) is 9.44. The number of nitro groups is 1. The number of hydrogen-bond donors (Lipinski definition) is 1. The molecule has 0 heterocycles. The van der Waals surface area contributed by atoms with Gasteiger partial charge >= 0.3 is 0 Å². The standard InChI is InChI=1S/C9H8N4O4S2/c1-18-9(11-6-10)12-19(16,17)8-5-3-2-4-7(8)13(14)15/h2-5H,1H3,(H,11,12). The minimum Gasteiger partial charge on any atom is -0.271 e. The number of sulfonamides is 1. The molecular weight excluding hydrogens is 292 g/mol. The van der Waals surface area contributed by atoms with Gasteiger partial charge in [-0.05, 0) is 12.3 Å². The number of para-hydroxylation sites is 1. The normalized spacial score (nSPS) is 11.7. The van der Waals surface area contributed by atoms with Gasteiger partial charge in [-0.1, -0.05) is 23.9 Å². The first-order valence-corrected chi connectivity index (χ1v) is 7.36. The van der Waals surface area contributed by atoms with Gasteiger partial charge in [-0.3, -0.25) is 15.4 Å². The smallest absolute Gasteiger partial charge is 0.271 e. The first-order chi connectivity index (χ1) is 8.92. The topological polar surface area (TPSA) is 125 Å². The zero-order chi connectivity index (χ0) is 14.5. The van der Waals surface area contributed by atoms with Gasteiger partial charge in [0, 0.05) is 6.07 Å². The molecule has 0 aliphatic carbocycles. The molecule has 0 aliphatic heterocycles. The van der Waals surface area contributed by atoms with Crippen molar-refractivity contribution in [2.75, 3.05) is 6.26 Å².